The summed E-state index contributed by atoms with van der Waals surface area (Å²) in [5, 5.41) is 12.2. The van der Waals surface area contributed by atoms with Gasteiger partial charge in [-0.3, -0.25) is 4.79 Å². The minimum atomic E-state index is -1.10. The molecule has 0 saturated heterocycles. The van der Waals surface area contributed by atoms with Crippen LogP contribution in [-0.2, 0) is 9.53 Å². The molecule has 2 saturated carbocycles. The van der Waals surface area contributed by atoms with Crippen LogP contribution in [0.25, 0.3) is 0 Å². The third-order valence-corrected chi connectivity index (χ3v) is 9.73. The molecule has 7 heteroatoms. The summed E-state index contributed by atoms with van der Waals surface area (Å²) in [6.07, 6.45) is 5.41. The average Bonchev–Trinajstić information content (AvgIpc) is 3.17. The van der Waals surface area contributed by atoms with Gasteiger partial charge in [-0.15, -0.1) is 0 Å². The molecule has 5 atom stereocenters. The predicted molar refractivity (Wildman–Crippen MR) is 182 cm³/mol. The molecule has 4 aliphatic rings. The molecule has 4 nitrogen and oxygen atoms in total. The molecule has 0 spiro atoms. The lowest BCUT2D eigenvalue weighted by atomic mass is 9.55. The highest BCUT2D eigenvalue weighted by Gasteiger charge is 2.63. The standard InChI is InChI=1S/C34H37NO3.3H2S/c1-22-7-5-6-8-23(22)15-17-34(37)18-16-30-32-31(28-14-13-27(36)19-25(28)21-38-32)29(20-33(30,34)2)24-9-11-26(12-10-24)35(3)4;;;/h5-12,19,29-30,32,37H,13-14,16,18,20-21H2,1-4H3;3*1H2/t29-,30+,32+,33+,34+;;;/m1.../s1. The number of ether oxygens (including phenoxy) is 1. The lowest BCUT2D eigenvalue weighted by Crippen LogP contribution is -2.53. The topological polar surface area (TPSA) is 49.8 Å². The summed E-state index contributed by atoms with van der Waals surface area (Å²) in [6, 6.07) is 16.9. The lowest BCUT2D eigenvalue weighted by molar-refractivity contribution is -0.115. The smallest absolute Gasteiger partial charge is 0.156 e. The quantitative estimate of drug-likeness (QED) is 0.420. The molecular weight excluding hydrogens is 567 g/mol. The zero-order valence-electron chi connectivity index (χ0n) is 24.4. The number of rotatable bonds is 2. The van der Waals surface area contributed by atoms with Gasteiger partial charge in [-0.05, 0) is 90.6 Å². The Morgan fingerprint density at radius 2 is 1.73 bits per heavy atom. The van der Waals surface area contributed by atoms with Crippen molar-refractivity contribution in [1.29, 1.82) is 0 Å². The molecule has 220 valence electrons. The highest BCUT2D eigenvalue weighted by Crippen LogP contribution is 2.64. The number of hydrogen-bond donors (Lipinski definition) is 1. The van der Waals surface area contributed by atoms with E-state index in [-0.39, 0.29) is 64.2 Å². The number of carbonyl (C=O) groups is 1. The molecule has 1 aliphatic heterocycles. The van der Waals surface area contributed by atoms with Crippen LogP contribution < -0.4 is 4.90 Å². The fourth-order valence-corrected chi connectivity index (χ4v) is 7.41. The second kappa shape index (κ2) is 12.7. The van der Waals surface area contributed by atoms with Crippen LogP contribution in [-0.4, -0.2) is 43.3 Å². The summed E-state index contributed by atoms with van der Waals surface area (Å²) in [6.45, 7) is 4.77. The number of hydrogen-bond acceptors (Lipinski definition) is 4. The molecule has 0 unspecified atom stereocenters. The van der Waals surface area contributed by atoms with Crippen LogP contribution >= 0.6 is 40.5 Å². The Kier molecular flexibility index (Phi) is 10.3. The van der Waals surface area contributed by atoms with E-state index in [2.05, 4.69) is 75.0 Å². The van der Waals surface area contributed by atoms with Gasteiger partial charge in [0, 0.05) is 43.1 Å². The Bertz CT molecular complexity index is 1420. The van der Waals surface area contributed by atoms with Gasteiger partial charge in [0.15, 0.2) is 5.78 Å². The first kappa shape index (κ1) is 33.4. The third kappa shape index (κ3) is 5.67. The van der Waals surface area contributed by atoms with E-state index < -0.39 is 11.0 Å². The van der Waals surface area contributed by atoms with Gasteiger partial charge in [0.2, 0.25) is 0 Å². The van der Waals surface area contributed by atoms with Crippen LogP contribution in [0.2, 0.25) is 0 Å². The Balaban J connectivity index is 0.00000154. The molecule has 3 aliphatic carbocycles. The van der Waals surface area contributed by atoms with E-state index in [1.807, 2.05) is 18.2 Å². The number of allylic oxidation sites excluding steroid dienone is 1. The van der Waals surface area contributed by atoms with Crippen LogP contribution in [0.5, 0.6) is 0 Å². The number of aryl methyl sites for hydroxylation is 1. The van der Waals surface area contributed by atoms with E-state index in [9.17, 15) is 9.90 Å². The van der Waals surface area contributed by atoms with Crippen molar-refractivity contribution in [2.45, 2.75) is 63.6 Å². The maximum atomic E-state index is 12.3. The summed E-state index contributed by atoms with van der Waals surface area (Å²) >= 11 is 0. The first-order valence-corrected chi connectivity index (χ1v) is 13.9. The lowest BCUT2D eigenvalue weighted by Gasteiger charge is -2.53. The number of ketones is 1. The van der Waals surface area contributed by atoms with E-state index in [1.54, 1.807) is 6.08 Å². The first-order chi connectivity index (χ1) is 18.2. The summed E-state index contributed by atoms with van der Waals surface area (Å²) in [4.78, 5) is 14.4. The number of fused-ring (bicyclic) bond motifs is 4. The van der Waals surface area contributed by atoms with Gasteiger partial charge in [0.1, 0.15) is 5.60 Å². The molecule has 41 heavy (non-hydrogen) atoms. The molecule has 2 aromatic rings. The van der Waals surface area contributed by atoms with Crippen LogP contribution in [0.3, 0.4) is 0 Å². The maximum Gasteiger partial charge on any atom is 0.156 e. The molecule has 6 rings (SSSR count). The minimum absolute atomic E-state index is 0. The van der Waals surface area contributed by atoms with Gasteiger partial charge in [0.25, 0.3) is 0 Å². The Morgan fingerprint density at radius 1 is 1.02 bits per heavy atom. The monoisotopic (exact) mass is 609 g/mol. The number of anilines is 1. The average molecular weight is 610 g/mol. The van der Waals surface area contributed by atoms with Crippen LogP contribution in [0.4, 0.5) is 5.69 Å². The van der Waals surface area contributed by atoms with Crippen molar-refractivity contribution < 1.29 is 14.6 Å². The number of benzene rings is 2. The van der Waals surface area contributed by atoms with Crippen molar-refractivity contribution in [3.05, 3.63) is 88.0 Å². The minimum Gasteiger partial charge on any atom is -0.378 e. The van der Waals surface area contributed by atoms with Crippen molar-refractivity contribution >= 4 is 52.0 Å². The number of nitrogens with zero attached hydrogens (tertiary/aromatic N) is 1. The zero-order valence-corrected chi connectivity index (χ0v) is 27.4. The van der Waals surface area contributed by atoms with Crippen molar-refractivity contribution in [2.75, 3.05) is 25.6 Å². The Morgan fingerprint density at radius 3 is 2.41 bits per heavy atom. The van der Waals surface area contributed by atoms with E-state index >= 15 is 0 Å². The van der Waals surface area contributed by atoms with Gasteiger partial charge in [-0.25, -0.2) is 0 Å². The van der Waals surface area contributed by atoms with Gasteiger partial charge in [-0.2, -0.15) is 40.5 Å². The Hall–Kier alpha value is -2.08. The van der Waals surface area contributed by atoms with E-state index in [0.29, 0.717) is 19.4 Å². The van der Waals surface area contributed by atoms with Crippen molar-refractivity contribution in [1.82, 2.24) is 0 Å². The maximum absolute atomic E-state index is 12.3. The largest absolute Gasteiger partial charge is 0.378 e. The number of carbonyl (C=O) groups excluding carboxylic acids is 1. The van der Waals surface area contributed by atoms with Gasteiger partial charge >= 0.3 is 0 Å². The van der Waals surface area contributed by atoms with Crippen LogP contribution in [0.1, 0.15) is 61.6 Å². The highest BCUT2D eigenvalue weighted by atomic mass is 32.1. The molecule has 0 radical (unpaired) electrons. The van der Waals surface area contributed by atoms with Gasteiger partial charge in [-0.1, -0.05) is 49.1 Å². The van der Waals surface area contributed by atoms with Crippen LogP contribution in [0, 0.1) is 30.1 Å². The summed E-state index contributed by atoms with van der Waals surface area (Å²) in [5.74, 6) is 7.20. The second-order valence-electron chi connectivity index (χ2n) is 12.0. The van der Waals surface area contributed by atoms with Crippen molar-refractivity contribution in [3.8, 4) is 11.8 Å². The molecular formula is C34H43NO3S3. The molecule has 1 N–H and O–H groups in total. The van der Waals surface area contributed by atoms with Crippen molar-refractivity contribution in [2.24, 2.45) is 11.3 Å². The van der Waals surface area contributed by atoms with E-state index in [1.165, 1.54) is 16.7 Å². The number of aliphatic hydroxyl groups is 1. The van der Waals surface area contributed by atoms with E-state index in [0.717, 1.165) is 41.6 Å². The normalized spacial score (nSPS) is 29.6. The highest BCUT2D eigenvalue weighted by molar-refractivity contribution is 7.59. The fourth-order valence-electron chi connectivity index (χ4n) is 7.41. The molecule has 2 aromatic carbocycles. The molecule has 2 fully saturated rings. The summed E-state index contributed by atoms with van der Waals surface area (Å²) < 4.78 is 6.62. The first-order valence-electron chi connectivity index (χ1n) is 13.9. The molecule has 0 aromatic heterocycles. The summed E-state index contributed by atoms with van der Waals surface area (Å²) in [5.41, 5.74) is 6.70. The van der Waals surface area contributed by atoms with Gasteiger partial charge < -0.3 is 14.7 Å². The SMILES string of the molecule is Cc1ccccc1C#C[C@]1(O)CC[C@H]2[C@@H]3OCC4=CC(=O)CCC4=C3[C@@H](c3ccc(N(C)C)cc3)C[C@@]21C.S.S.S. The van der Waals surface area contributed by atoms with Crippen LogP contribution in [0.15, 0.2) is 71.3 Å². The fraction of sp³-hybridized carbons (Fsp3) is 0.441. The van der Waals surface area contributed by atoms with Gasteiger partial charge in [0.05, 0.1) is 12.7 Å². The Labute approximate surface area is 266 Å². The molecule has 0 bridgehead atoms. The molecule has 1 heterocycles. The van der Waals surface area contributed by atoms with Crippen molar-refractivity contribution in [3.63, 3.8) is 0 Å². The second-order valence-corrected chi connectivity index (χ2v) is 12.0. The van der Waals surface area contributed by atoms with E-state index in [4.69, 9.17) is 4.74 Å². The predicted octanol–water partition coefficient (Wildman–Crippen LogP) is 6.07. The molecule has 0 amide bonds. The zero-order chi connectivity index (χ0) is 26.7. The third-order valence-electron chi connectivity index (χ3n) is 9.73. The summed E-state index contributed by atoms with van der Waals surface area (Å²) in [7, 11) is 4.11.